The van der Waals surface area contributed by atoms with Gasteiger partial charge in [-0.25, -0.2) is 0 Å². The number of methoxy groups -OCH3 is 2. The summed E-state index contributed by atoms with van der Waals surface area (Å²) in [6, 6.07) is 13.9. The van der Waals surface area contributed by atoms with Gasteiger partial charge >= 0.3 is 0 Å². The molecule has 34 heavy (non-hydrogen) atoms. The van der Waals surface area contributed by atoms with E-state index in [4.69, 9.17) is 9.47 Å². The smallest absolute Gasteiger partial charge is 0.255 e. The van der Waals surface area contributed by atoms with Gasteiger partial charge in [-0.2, -0.15) is 0 Å². The number of hydrogen-bond donors (Lipinski definition) is 1. The maximum absolute atomic E-state index is 13.5. The molecule has 2 heterocycles. The highest BCUT2D eigenvalue weighted by atomic mass is 16.5. The second-order valence-corrected chi connectivity index (χ2v) is 8.83. The summed E-state index contributed by atoms with van der Waals surface area (Å²) in [5.41, 5.74) is 3.72. The van der Waals surface area contributed by atoms with E-state index in [-0.39, 0.29) is 11.5 Å². The van der Waals surface area contributed by atoms with Crippen LogP contribution in [-0.2, 0) is 17.9 Å². The van der Waals surface area contributed by atoms with Gasteiger partial charge in [0, 0.05) is 43.1 Å². The molecule has 0 spiro atoms. The normalized spacial score (nSPS) is 13.6. The van der Waals surface area contributed by atoms with E-state index in [1.54, 1.807) is 14.2 Å². The Balaban J connectivity index is 1.59. The molecule has 0 aliphatic carbocycles. The first-order valence-corrected chi connectivity index (χ1v) is 11.8. The van der Waals surface area contributed by atoms with Crippen LogP contribution in [-0.4, -0.2) is 49.2 Å². The van der Waals surface area contributed by atoms with Gasteiger partial charge in [-0.1, -0.05) is 29.8 Å². The lowest BCUT2D eigenvalue weighted by atomic mass is 10.1. The molecule has 1 amide bonds. The number of fused-ring (bicyclic) bond motifs is 1. The van der Waals surface area contributed by atoms with Crippen LogP contribution in [0, 0.1) is 6.92 Å². The van der Waals surface area contributed by atoms with E-state index in [2.05, 4.69) is 36.5 Å². The van der Waals surface area contributed by atoms with Crippen LogP contribution < -0.4 is 20.3 Å². The summed E-state index contributed by atoms with van der Waals surface area (Å²) in [6.45, 7) is 5.34. The van der Waals surface area contributed by atoms with Crippen LogP contribution in [0.4, 0.5) is 0 Å². The van der Waals surface area contributed by atoms with Crippen LogP contribution >= 0.6 is 0 Å². The third-order valence-electron chi connectivity index (χ3n) is 6.40. The number of pyridine rings is 1. The molecule has 7 nitrogen and oxygen atoms in total. The maximum atomic E-state index is 13.5. The van der Waals surface area contributed by atoms with Crippen molar-refractivity contribution in [3.63, 3.8) is 0 Å². The highest BCUT2D eigenvalue weighted by Gasteiger charge is 2.19. The average Bonchev–Trinajstić information content (AvgIpc) is 3.26. The van der Waals surface area contributed by atoms with Gasteiger partial charge in [0.2, 0.25) is 5.91 Å². The molecule has 1 saturated heterocycles. The number of carbonyl (C=O) groups excluding carboxylic acids is 1. The molecule has 0 saturated carbocycles. The number of hydrogen-bond acceptors (Lipinski definition) is 5. The molecule has 0 atom stereocenters. The summed E-state index contributed by atoms with van der Waals surface area (Å²) in [5, 5.41) is 4.31. The summed E-state index contributed by atoms with van der Waals surface area (Å²) in [5.74, 6) is 1.47. The molecular weight excluding hydrogens is 430 g/mol. The maximum Gasteiger partial charge on any atom is 0.255 e. The summed E-state index contributed by atoms with van der Waals surface area (Å²) >= 11 is 0. The Morgan fingerprint density at radius 1 is 1.00 bits per heavy atom. The Kier molecular flexibility index (Phi) is 7.53. The Hall–Kier alpha value is -3.32. The minimum atomic E-state index is -0.0254. The van der Waals surface area contributed by atoms with E-state index in [1.807, 2.05) is 27.7 Å². The molecule has 4 rings (SSSR count). The van der Waals surface area contributed by atoms with Crippen LogP contribution in [0.1, 0.15) is 36.0 Å². The monoisotopic (exact) mass is 463 g/mol. The van der Waals surface area contributed by atoms with E-state index < -0.39 is 0 Å². The van der Waals surface area contributed by atoms with Gasteiger partial charge in [-0.3, -0.25) is 9.59 Å². The second-order valence-electron chi connectivity index (χ2n) is 8.83. The number of rotatable bonds is 10. The van der Waals surface area contributed by atoms with Crippen molar-refractivity contribution in [2.24, 2.45) is 0 Å². The highest BCUT2D eigenvalue weighted by Crippen LogP contribution is 2.32. The number of ether oxygens (including phenoxy) is 2. The third-order valence-corrected chi connectivity index (χ3v) is 6.40. The lowest BCUT2D eigenvalue weighted by Gasteiger charge is -2.17. The molecule has 2 aromatic carbocycles. The number of nitrogens with one attached hydrogen (secondary N) is 1. The Labute approximate surface area is 200 Å². The molecule has 1 N–H and O–H groups in total. The van der Waals surface area contributed by atoms with Gasteiger partial charge in [0.25, 0.3) is 5.56 Å². The zero-order valence-corrected chi connectivity index (χ0v) is 20.2. The Morgan fingerprint density at radius 3 is 2.41 bits per heavy atom. The van der Waals surface area contributed by atoms with Crippen molar-refractivity contribution in [2.45, 2.75) is 39.3 Å². The third kappa shape index (κ3) is 5.25. The molecule has 1 aromatic heterocycles. The van der Waals surface area contributed by atoms with Gasteiger partial charge in [0.15, 0.2) is 11.5 Å². The predicted octanol–water partition coefficient (Wildman–Crippen LogP) is 3.48. The van der Waals surface area contributed by atoms with Crippen LogP contribution in [0.25, 0.3) is 10.9 Å². The zero-order chi connectivity index (χ0) is 24.1. The number of amides is 1. The minimum Gasteiger partial charge on any atom is -0.493 e. The molecule has 0 unspecified atom stereocenters. The van der Waals surface area contributed by atoms with Crippen LogP contribution in [0.15, 0.2) is 47.3 Å². The molecule has 0 bridgehead atoms. The van der Waals surface area contributed by atoms with Gasteiger partial charge in [0.1, 0.15) is 0 Å². The predicted molar refractivity (Wildman–Crippen MR) is 134 cm³/mol. The number of nitrogens with zero attached hydrogens (tertiary/aromatic N) is 2. The zero-order valence-electron chi connectivity index (χ0n) is 20.2. The fraction of sp³-hybridized carbons (Fsp3) is 0.407. The summed E-state index contributed by atoms with van der Waals surface area (Å²) in [6.07, 6.45) is 2.49. The summed E-state index contributed by atoms with van der Waals surface area (Å²) in [7, 11) is 3.21. The van der Waals surface area contributed by atoms with E-state index in [9.17, 15) is 9.59 Å². The molecule has 0 radical (unpaired) electrons. The summed E-state index contributed by atoms with van der Waals surface area (Å²) < 4.78 is 12.8. The van der Waals surface area contributed by atoms with Crippen molar-refractivity contribution in [1.82, 2.24) is 14.8 Å². The largest absolute Gasteiger partial charge is 0.493 e. The molecule has 7 heteroatoms. The van der Waals surface area contributed by atoms with Crippen LogP contribution in [0.3, 0.4) is 0 Å². The molecule has 3 aromatic rings. The van der Waals surface area contributed by atoms with Crippen molar-refractivity contribution in [2.75, 3.05) is 33.9 Å². The quantitative estimate of drug-likeness (QED) is 0.466. The number of aryl methyl sites for hydroxylation is 1. The van der Waals surface area contributed by atoms with Crippen LogP contribution in [0.5, 0.6) is 11.5 Å². The average molecular weight is 464 g/mol. The van der Waals surface area contributed by atoms with Gasteiger partial charge < -0.3 is 24.3 Å². The van der Waals surface area contributed by atoms with Crippen LogP contribution in [0.2, 0.25) is 0 Å². The lowest BCUT2D eigenvalue weighted by molar-refractivity contribution is -0.127. The van der Waals surface area contributed by atoms with Gasteiger partial charge in [0.05, 0.1) is 26.3 Å². The minimum absolute atomic E-state index is 0.0254. The number of aromatic nitrogens is 1. The van der Waals surface area contributed by atoms with Crippen molar-refractivity contribution in [3.8, 4) is 11.5 Å². The van der Waals surface area contributed by atoms with Gasteiger partial charge in [-0.05, 0) is 44.0 Å². The Morgan fingerprint density at radius 2 is 1.74 bits per heavy atom. The topological polar surface area (TPSA) is 72.8 Å². The Bertz CT molecular complexity index is 1220. The fourth-order valence-corrected chi connectivity index (χ4v) is 4.48. The van der Waals surface area contributed by atoms with Crippen molar-refractivity contribution in [1.29, 1.82) is 0 Å². The molecular formula is C27H33N3O4. The number of benzene rings is 2. The van der Waals surface area contributed by atoms with Crippen molar-refractivity contribution < 1.29 is 14.3 Å². The van der Waals surface area contributed by atoms with Crippen molar-refractivity contribution >= 4 is 16.8 Å². The molecule has 180 valence electrons. The standard InChI is InChI=1S/C27H33N3O4/c1-19-7-9-20(10-8-19)18-30-23-16-25(34-3)24(33-2)15-21(23)14-22(27(30)32)17-28-11-5-13-29-12-4-6-26(29)31/h7-10,14-16,28H,4-6,11-13,17-18H2,1-3H3. The van der Waals surface area contributed by atoms with E-state index in [0.29, 0.717) is 36.6 Å². The second kappa shape index (κ2) is 10.7. The molecule has 1 aliphatic rings. The van der Waals surface area contributed by atoms with Gasteiger partial charge in [-0.15, -0.1) is 0 Å². The first-order chi connectivity index (χ1) is 16.5. The number of likely N-dealkylation sites (tertiary alicyclic amines) is 1. The highest BCUT2D eigenvalue weighted by molar-refractivity contribution is 5.84. The fourth-order valence-electron chi connectivity index (χ4n) is 4.48. The first kappa shape index (κ1) is 23.8. The van der Waals surface area contributed by atoms with E-state index >= 15 is 0 Å². The van der Waals surface area contributed by atoms with Crippen molar-refractivity contribution in [3.05, 3.63) is 69.5 Å². The summed E-state index contributed by atoms with van der Waals surface area (Å²) in [4.78, 5) is 27.2. The SMILES string of the molecule is COc1cc2cc(CNCCCN3CCCC3=O)c(=O)n(Cc3ccc(C)cc3)c2cc1OC. The van der Waals surface area contributed by atoms with E-state index in [1.165, 1.54) is 5.56 Å². The number of carbonyl (C=O) groups is 1. The molecule has 1 aliphatic heterocycles. The first-order valence-electron chi connectivity index (χ1n) is 11.8. The lowest BCUT2D eigenvalue weighted by Crippen LogP contribution is -2.30. The molecule has 1 fully saturated rings. The van der Waals surface area contributed by atoms with E-state index in [0.717, 1.165) is 48.9 Å².